The van der Waals surface area contributed by atoms with Crippen molar-refractivity contribution in [2.75, 3.05) is 0 Å². The lowest BCUT2D eigenvalue weighted by atomic mass is 9.93. The summed E-state index contributed by atoms with van der Waals surface area (Å²) >= 11 is 0. The molecule has 31 heavy (non-hydrogen) atoms. The second-order valence-corrected chi connectivity index (χ2v) is 8.98. The van der Waals surface area contributed by atoms with E-state index in [9.17, 15) is 0 Å². The predicted molar refractivity (Wildman–Crippen MR) is 129 cm³/mol. The Morgan fingerprint density at radius 2 is 1.29 bits per heavy atom. The average Bonchev–Trinajstić information content (AvgIpc) is 3.52. The summed E-state index contributed by atoms with van der Waals surface area (Å²) in [5, 5.41) is 4.14. The van der Waals surface area contributed by atoms with E-state index in [0.717, 1.165) is 12.8 Å². The van der Waals surface area contributed by atoms with E-state index in [4.69, 9.17) is 0 Å². The first kappa shape index (κ1) is 15.9. The molecule has 0 atom stereocenters. The molecule has 1 heteroatoms. The quantitative estimate of drug-likeness (QED) is 0.237. The highest BCUT2D eigenvalue weighted by Gasteiger charge is 2.25. The fraction of sp³-hybridized carbons (Fsp3) is 0.0667. The second kappa shape index (κ2) is 5.44. The monoisotopic (exact) mass is 393 g/mol. The van der Waals surface area contributed by atoms with Gasteiger partial charge in [-0.25, -0.2) is 0 Å². The molecule has 0 saturated heterocycles. The van der Waals surface area contributed by atoms with Crippen molar-refractivity contribution < 1.29 is 0 Å². The Kier molecular flexibility index (Phi) is 2.80. The van der Waals surface area contributed by atoms with E-state index in [1.165, 1.54) is 71.7 Å². The van der Waals surface area contributed by atoms with Gasteiger partial charge >= 0.3 is 0 Å². The number of hydrogen-bond acceptors (Lipinski definition) is 0. The number of nitrogens with zero attached hydrogens (tertiary/aromatic N) is 1. The molecular formula is C30H19N. The molecular weight excluding hydrogens is 374 g/mol. The molecule has 6 aromatic rings. The van der Waals surface area contributed by atoms with Gasteiger partial charge in [0, 0.05) is 22.4 Å². The summed E-state index contributed by atoms with van der Waals surface area (Å²) in [5.74, 6) is 0. The molecule has 2 aromatic heterocycles. The average molecular weight is 393 g/mol. The molecule has 0 unspecified atom stereocenters. The maximum Gasteiger partial charge on any atom is 0.0540 e. The summed E-state index contributed by atoms with van der Waals surface area (Å²) in [5.41, 5.74) is 14.0. The van der Waals surface area contributed by atoms with Gasteiger partial charge in [0.25, 0.3) is 0 Å². The van der Waals surface area contributed by atoms with Gasteiger partial charge < -0.3 is 4.40 Å². The molecule has 0 spiro atoms. The number of fused-ring (bicyclic) bond motifs is 13. The Hall–Kier alpha value is -3.84. The molecule has 0 radical (unpaired) electrons. The van der Waals surface area contributed by atoms with Gasteiger partial charge in [-0.05, 0) is 81.6 Å². The van der Waals surface area contributed by atoms with E-state index in [-0.39, 0.29) is 0 Å². The van der Waals surface area contributed by atoms with E-state index >= 15 is 0 Å². The molecule has 2 aliphatic rings. The topological polar surface area (TPSA) is 4.41 Å². The van der Waals surface area contributed by atoms with Crippen molar-refractivity contribution in [3.63, 3.8) is 0 Å². The van der Waals surface area contributed by atoms with Crippen molar-refractivity contribution in [3.8, 4) is 22.3 Å². The highest BCUT2D eigenvalue weighted by Crippen LogP contribution is 2.47. The van der Waals surface area contributed by atoms with Crippen LogP contribution in [0.4, 0.5) is 0 Å². The van der Waals surface area contributed by atoms with Crippen molar-refractivity contribution in [2.24, 2.45) is 0 Å². The number of aromatic nitrogens is 1. The molecule has 0 fully saturated rings. The highest BCUT2D eigenvalue weighted by atomic mass is 14.9. The number of benzene rings is 4. The summed E-state index contributed by atoms with van der Waals surface area (Å²) in [4.78, 5) is 0. The summed E-state index contributed by atoms with van der Waals surface area (Å²) in [6.07, 6.45) is 4.27. The predicted octanol–water partition coefficient (Wildman–Crippen LogP) is 7.39. The third-order valence-corrected chi connectivity index (χ3v) is 7.42. The Labute approximate surface area is 180 Å². The highest BCUT2D eigenvalue weighted by molar-refractivity contribution is 6.20. The standard InChI is InChI=1S/C30H19N/c1-3-8-22-18(6-1)15-21-16-26-28(17-25(21)22)31-13-5-10-27(31)24-12-11-20-14-19-7-2-4-9-23(19)29(20)30(24)26/h1-13,16-17H,14-15H2. The summed E-state index contributed by atoms with van der Waals surface area (Å²) in [6, 6.07) is 31.8. The van der Waals surface area contributed by atoms with E-state index in [1.54, 1.807) is 0 Å². The van der Waals surface area contributed by atoms with Crippen LogP contribution in [0.1, 0.15) is 22.3 Å². The Morgan fingerprint density at radius 1 is 0.516 bits per heavy atom. The fourth-order valence-electron chi connectivity index (χ4n) is 6.10. The minimum Gasteiger partial charge on any atom is -0.316 e. The Balaban J connectivity index is 1.60. The second-order valence-electron chi connectivity index (χ2n) is 8.98. The van der Waals surface area contributed by atoms with Crippen LogP contribution < -0.4 is 0 Å². The lowest BCUT2D eigenvalue weighted by Gasteiger charge is -2.15. The van der Waals surface area contributed by atoms with E-state index in [0.29, 0.717) is 0 Å². The first-order valence-corrected chi connectivity index (χ1v) is 11.0. The maximum atomic E-state index is 2.48. The van der Waals surface area contributed by atoms with Gasteiger partial charge in [0.2, 0.25) is 0 Å². The fourth-order valence-corrected chi connectivity index (χ4v) is 6.10. The minimum absolute atomic E-state index is 1.03. The molecule has 0 amide bonds. The molecule has 2 aliphatic carbocycles. The SMILES string of the molecule is c1ccc2c(c1)Cc1cc3c4c5c(ccc4c4cccn4c3cc1-2)Cc1ccccc1-5. The molecule has 0 saturated carbocycles. The van der Waals surface area contributed by atoms with Crippen LogP contribution in [0.2, 0.25) is 0 Å². The molecule has 0 aliphatic heterocycles. The van der Waals surface area contributed by atoms with Gasteiger partial charge in [0.1, 0.15) is 0 Å². The normalized spacial score (nSPS) is 13.5. The molecule has 0 bridgehead atoms. The maximum absolute atomic E-state index is 2.48. The number of pyridine rings is 1. The molecule has 4 aromatic carbocycles. The Bertz CT molecular complexity index is 1720. The molecule has 144 valence electrons. The number of hydrogen-bond donors (Lipinski definition) is 0. The van der Waals surface area contributed by atoms with Crippen LogP contribution in [0.15, 0.2) is 91.1 Å². The molecule has 1 nitrogen and oxygen atoms in total. The van der Waals surface area contributed by atoms with Crippen molar-refractivity contribution in [1.82, 2.24) is 4.40 Å². The first-order chi connectivity index (χ1) is 15.4. The lowest BCUT2D eigenvalue weighted by molar-refractivity contribution is 1.25. The third-order valence-electron chi connectivity index (χ3n) is 7.42. The zero-order valence-electron chi connectivity index (χ0n) is 17.0. The van der Waals surface area contributed by atoms with Gasteiger partial charge in [-0.3, -0.25) is 0 Å². The van der Waals surface area contributed by atoms with Crippen LogP contribution in [-0.4, -0.2) is 4.40 Å². The van der Waals surface area contributed by atoms with Crippen molar-refractivity contribution in [3.05, 3.63) is 113 Å². The zero-order chi connectivity index (χ0) is 20.1. The van der Waals surface area contributed by atoms with E-state index in [1.807, 2.05) is 0 Å². The molecule has 2 heterocycles. The Morgan fingerprint density at radius 3 is 2.19 bits per heavy atom. The molecule has 0 N–H and O–H groups in total. The minimum atomic E-state index is 1.03. The van der Waals surface area contributed by atoms with Gasteiger partial charge in [-0.2, -0.15) is 0 Å². The lowest BCUT2D eigenvalue weighted by Crippen LogP contribution is -1.94. The molecule has 8 rings (SSSR count). The largest absolute Gasteiger partial charge is 0.316 e. The van der Waals surface area contributed by atoms with Crippen molar-refractivity contribution >= 4 is 27.2 Å². The van der Waals surface area contributed by atoms with Crippen LogP contribution in [0.25, 0.3) is 49.4 Å². The van der Waals surface area contributed by atoms with Crippen molar-refractivity contribution in [1.29, 1.82) is 0 Å². The summed E-state index contributed by atoms with van der Waals surface area (Å²) in [7, 11) is 0. The van der Waals surface area contributed by atoms with Crippen LogP contribution in [0.5, 0.6) is 0 Å². The third kappa shape index (κ3) is 1.92. The van der Waals surface area contributed by atoms with Crippen LogP contribution in [0, 0.1) is 0 Å². The number of rotatable bonds is 0. The van der Waals surface area contributed by atoms with E-state index in [2.05, 4.69) is 95.5 Å². The van der Waals surface area contributed by atoms with Gasteiger partial charge in [-0.15, -0.1) is 0 Å². The van der Waals surface area contributed by atoms with Crippen molar-refractivity contribution in [2.45, 2.75) is 12.8 Å². The van der Waals surface area contributed by atoms with E-state index < -0.39 is 0 Å². The van der Waals surface area contributed by atoms with Gasteiger partial charge in [-0.1, -0.05) is 60.7 Å². The smallest absolute Gasteiger partial charge is 0.0540 e. The summed E-state index contributed by atoms with van der Waals surface area (Å²) in [6.45, 7) is 0. The van der Waals surface area contributed by atoms with Gasteiger partial charge in [0.05, 0.1) is 11.0 Å². The van der Waals surface area contributed by atoms with Crippen LogP contribution in [0.3, 0.4) is 0 Å². The summed E-state index contributed by atoms with van der Waals surface area (Å²) < 4.78 is 2.38. The zero-order valence-corrected chi connectivity index (χ0v) is 17.0. The van der Waals surface area contributed by atoms with Crippen LogP contribution in [-0.2, 0) is 12.8 Å². The first-order valence-electron chi connectivity index (χ1n) is 11.0. The van der Waals surface area contributed by atoms with Crippen LogP contribution >= 0.6 is 0 Å². The van der Waals surface area contributed by atoms with Gasteiger partial charge in [0.15, 0.2) is 0 Å².